The Morgan fingerprint density at radius 2 is 2.33 bits per heavy atom. The Hall–Kier alpha value is -3.51. The van der Waals surface area contributed by atoms with Gasteiger partial charge in [-0.3, -0.25) is 15.0 Å². The number of nitrogens with one attached hydrogen (secondary N) is 1. The van der Waals surface area contributed by atoms with E-state index in [0.717, 1.165) is 31.2 Å². The number of aryl methyl sites for hydroxylation is 1. The van der Waals surface area contributed by atoms with Gasteiger partial charge >= 0.3 is 6.03 Å². The van der Waals surface area contributed by atoms with Crippen molar-refractivity contribution in [3.63, 3.8) is 0 Å². The first-order valence-electron chi connectivity index (χ1n) is 9.86. The fraction of sp³-hybridized carbons (Fsp3) is 0.381. The van der Waals surface area contributed by atoms with Gasteiger partial charge in [0.05, 0.1) is 12.3 Å². The summed E-state index contributed by atoms with van der Waals surface area (Å²) in [4.78, 5) is 33.9. The Kier molecular flexibility index (Phi) is 5.86. The highest BCUT2D eigenvalue weighted by molar-refractivity contribution is 6.01. The molecule has 2 aliphatic heterocycles. The molecular formula is C21H21N5O4. The Labute approximate surface area is 173 Å². The van der Waals surface area contributed by atoms with Crippen molar-refractivity contribution < 1.29 is 19.1 Å². The van der Waals surface area contributed by atoms with Crippen LogP contribution in [0.1, 0.15) is 40.9 Å². The fourth-order valence-electron chi connectivity index (χ4n) is 3.56. The van der Waals surface area contributed by atoms with Gasteiger partial charge in [0, 0.05) is 19.2 Å². The molecule has 0 aromatic carbocycles. The van der Waals surface area contributed by atoms with Gasteiger partial charge in [-0.15, -0.1) is 0 Å². The maximum Gasteiger partial charge on any atom is 0.328 e. The van der Waals surface area contributed by atoms with Crippen LogP contribution in [0.2, 0.25) is 0 Å². The molecule has 0 spiro atoms. The number of pyridine rings is 2. The number of anilines is 2. The zero-order valence-electron chi connectivity index (χ0n) is 16.3. The van der Waals surface area contributed by atoms with Crippen LogP contribution in [0.15, 0.2) is 24.4 Å². The van der Waals surface area contributed by atoms with Crippen LogP contribution in [0.25, 0.3) is 0 Å². The number of nitrogens with zero attached hydrogens (tertiary/aromatic N) is 4. The molecule has 30 heavy (non-hydrogen) atoms. The van der Waals surface area contributed by atoms with Gasteiger partial charge in [-0.05, 0) is 37.3 Å². The number of rotatable bonds is 5. The normalized spacial score (nSPS) is 17.7. The van der Waals surface area contributed by atoms with E-state index < -0.39 is 6.03 Å². The van der Waals surface area contributed by atoms with Gasteiger partial charge in [-0.25, -0.2) is 14.8 Å². The minimum atomic E-state index is -0.409. The molecule has 2 aromatic rings. The monoisotopic (exact) mass is 407 g/mol. The molecule has 4 rings (SSSR count). The third-order valence-electron chi connectivity index (χ3n) is 5.10. The molecule has 0 saturated carbocycles. The highest BCUT2D eigenvalue weighted by atomic mass is 16.5. The highest BCUT2D eigenvalue weighted by Crippen LogP contribution is 2.27. The average Bonchev–Trinajstić information content (AvgIpc) is 3.30. The molecule has 1 N–H and O–H groups in total. The number of carbonyl (C=O) groups is 2. The maximum absolute atomic E-state index is 12.9. The van der Waals surface area contributed by atoms with E-state index in [1.165, 1.54) is 17.2 Å². The number of nitriles is 1. The molecule has 2 aliphatic rings. The third-order valence-corrected chi connectivity index (χ3v) is 5.10. The van der Waals surface area contributed by atoms with Gasteiger partial charge in [0.2, 0.25) is 0 Å². The molecule has 0 radical (unpaired) electrons. The predicted octanol–water partition coefficient (Wildman–Crippen LogP) is 2.70. The number of fused-ring (bicyclic) bond motifs is 1. The topological polar surface area (TPSA) is 117 Å². The van der Waals surface area contributed by atoms with Crippen LogP contribution in [0.4, 0.5) is 16.4 Å². The molecule has 0 aliphatic carbocycles. The molecule has 4 heterocycles. The first-order valence-corrected chi connectivity index (χ1v) is 9.86. The molecule has 9 nitrogen and oxygen atoms in total. The van der Waals surface area contributed by atoms with Gasteiger partial charge in [0.1, 0.15) is 41.3 Å². The molecular weight excluding hydrogens is 386 g/mol. The number of urea groups is 1. The average molecular weight is 407 g/mol. The Bertz CT molecular complexity index is 997. The molecule has 1 unspecified atom stereocenters. The van der Waals surface area contributed by atoms with Crippen molar-refractivity contribution in [3.05, 3.63) is 41.2 Å². The van der Waals surface area contributed by atoms with Gasteiger partial charge < -0.3 is 9.47 Å². The summed E-state index contributed by atoms with van der Waals surface area (Å²) in [6.45, 7) is 1.53. The van der Waals surface area contributed by atoms with Crippen molar-refractivity contribution >= 4 is 24.0 Å². The molecule has 2 amide bonds. The first kappa shape index (κ1) is 19.8. The van der Waals surface area contributed by atoms with Gasteiger partial charge in [-0.2, -0.15) is 5.26 Å². The zero-order chi connectivity index (χ0) is 20.9. The Balaban J connectivity index is 1.50. The van der Waals surface area contributed by atoms with Crippen molar-refractivity contribution in [1.82, 2.24) is 9.97 Å². The van der Waals surface area contributed by atoms with Crippen molar-refractivity contribution in [2.45, 2.75) is 31.8 Å². The van der Waals surface area contributed by atoms with E-state index in [0.29, 0.717) is 37.6 Å². The molecule has 1 fully saturated rings. The SMILES string of the molecule is N#Cc1cnc(NC(=O)N2CCCc3ccc(C=O)nc32)cc1OCC1CCCO1. The summed E-state index contributed by atoms with van der Waals surface area (Å²) in [5, 5.41) is 12.0. The van der Waals surface area contributed by atoms with Crippen LogP contribution in [0.3, 0.4) is 0 Å². The summed E-state index contributed by atoms with van der Waals surface area (Å²) >= 11 is 0. The second-order valence-corrected chi connectivity index (χ2v) is 7.15. The lowest BCUT2D eigenvalue weighted by atomic mass is 10.1. The lowest BCUT2D eigenvalue weighted by molar-refractivity contribution is 0.0678. The number of hydrogen-bond donors (Lipinski definition) is 1. The summed E-state index contributed by atoms with van der Waals surface area (Å²) in [5.74, 6) is 1.09. The highest BCUT2D eigenvalue weighted by Gasteiger charge is 2.25. The third kappa shape index (κ3) is 4.23. The fourth-order valence-corrected chi connectivity index (χ4v) is 3.56. The Morgan fingerprint density at radius 3 is 3.10 bits per heavy atom. The van der Waals surface area contributed by atoms with E-state index in [2.05, 4.69) is 15.3 Å². The number of hydrogen-bond acceptors (Lipinski definition) is 7. The maximum atomic E-state index is 12.9. The smallest absolute Gasteiger partial charge is 0.328 e. The summed E-state index contributed by atoms with van der Waals surface area (Å²) in [5.41, 5.74) is 1.47. The number of aldehydes is 1. The van der Waals surface area contributed by atoms with Crippen LogP contribution in [-0.2, 0) is 11.2 Å². The van der Waals surface area contributed by atoms with Crippen molar-refractivity contribution in [2.24, 2.45) is 0 Å². The number of carbonyl (C=O) groups excluding carboxylic acids is 2. The van der Waals surface area contributed by atoms with Crippen LogP contribution < -0.4 is 15.0 Å². The summed E-state index contributed by atoms with van der Waals surface area (Å²) in [7, 11) is 0. The minimum Gasteiger partial charge on any atom is -0.489 e. The molecule has 2 aromatic heterocycles. The van der Waals surface area contributed by atoms with Crippen molar-refractivity contribution in [2.75, 3.05) is 30.0 Å². The molecule has 154 valence electrons. The summed E-state index contributed by atoms with van der Waals surface area (Å²) in [6.07, 6.45) is 5.53. The van der Waals surface area contributed by atoms with Gasteiger partial charge in [0.15, 0.2) is 6.29 Å². The number of ether oxygens (including phenoxy) is 2. The van der Waals surface area contributed by atoms with Crippen molar-refractivity contribution in [3.8, 4) is 11.8 Å². The molecule has 1 atom stereocenters. The standard InChI is InChI=1S/C21H21N5O4/c22-10-15-11-23-19(9-18(15)30-13-17-4-2-8-29-17)25-21(28)26-7-1-3-14-5-6-16(12-27)24-20(14)26/h5-6,9,11-12,17H,1-4,7-8,13H2,(H,23,25,28). The van der Waals surface area contributed by atoms with Gasteiger partial charge in [-0.1, -0.05) is 6.07 Å². The van der Waals surface area contributed by atoms with Crippen LogP contribution in [-0.4, -0.2) is 48.1 Å². The van der Waals surface area contributed by atoms with E-state index >= 15 is 0 Å². The van der Waals surface area contributed by atoms with E-state index in [1.54, 1.807) is 6.07 Å². The molecule has 1 saturated heterocycles. The predicted molar refractivity (Wildman–Crippen MR) is 108 cm³/mol. The van der Waals surface area contributed by atoms with E-state index in [-0.39, 0.29) is 23.2 Å². The Morgan fingerprint density at radius 1 is 1.43 bits per heavy atom. The first-order chi connectivity index (χ1) is 14.7. The molecule has 0 bridgehead atoms. The zero-order valence-corrected chi connectivity index (χ0v) is 16.3. The number of amides is 2. The summed E-state index contributed by atoms with van der Waals surface area (Å²) < 4.78 is 11.3. The summed E-state index contributed by atoms with van der Waals surface area (Å²) in [6, 6.07) is 6.64. The second kappa shape index (κ2) is 8.88. The second-order valence-electron chi connectivity index (χ2n) is 7.15. The van der Waals surface area contributed by atoms with Gasteiger partial charge in [0.25, 0.3) is 0 Å². The number of aromatic nitrogens is 2. The van der Waals surface area contributed by atoms with Crippen LogP contribution in [0.5, 0.6) is 5.75 Å². The van der Waals surface area contributed by atoms with E-state index in [9.17, 15) is 14.9 Å². The largest absolute Gasteiger partial charge is 0.489 e. The van der Waals surface area contributed by atoms with Crippen LogP contribution >= 0.6 is 0 Å². The minimum absolute atomic E-state index is 0.00527. The van der Waals surface area contributed by atoms with Crippen LogP contribution in [0, 0.1) is 11.3 Å². The quantitative estimate of drug-likeness (QED) is 0.757. The lowest BCUT2D eigenvalue weighted by Gasteiger charge is -2.28. The molecule has 9 heteroatoms. The van der Waals surface area contributed by atoms with E-state index in [4.69, 9.17) is 9.47 Å². The lowest BCUT2D eigenvalue weighted by Crippen LogP contribution is -2.39. The van der Waals surface area contributed by atoms with E-state index in [1.807, 2.05) is 12.1 Å². The van der Waals surface area contributed by atoms with Crippen molar-refractivity contribution in [1.29, 1.82) is 5.26 Å².